The lowest BCUT2D eigenvalue weighted by Gasteiger charge is -2.28. The number of pyridine rings is 2. The number of imidazole rings is 1. The van der Waals surface area contributed by atoms with E-state index >= 15 is 4.39 Å². The van der Waals surface area contributed by atoms with Crippen LogP contribution in [-0.2, 0) is 4.79 Å². The van der Waals surface area contributed by atoms with E-state index in [0.29, 0.717) is 39.4 Å². The van der Waals surface area contributed by atoms with Crippen LogP contribution in [0.2, 0.25) is 0 Å². The summed E-state index contributed by atoms with van der Waals surface area (Å²) >= 11 is 0. The summed E-state index contributed by atoms with van der Waals surface area (Å²) in [5.41, 5.74) is 5.33. The van der Waals surface area contributed by atoms with Gasteiger partial charge in [-0.05, 0) is 61.9 Å². The molecule has 0 radical (unpaired) electrons. The van der Waals surface area contributed by atoms with Crippen molar-refractivity contribution in [3.8, 4) is 22.6 Å². The zero-order valence-electron chi connectivity index (χ0n) is 22.2. The molecule has 3 N–H and O–H groups in total. The summed E-state index contributed by atoms with van der Waals surface area (Å²) in [6.07, 6.45) is 13.9. The number of piperidine rings is 1. The van der Waals surface area contributed by atoms with Gasteiger partial charge in [0.1, 0.15) is 16.7 Å². The van der Waals surface area contributed by atoms with Crippen LogP contribution in [0.5, 0.6) is 0 Å². The molecule has 0 unspecified atom stereocenters. The highest BCUT2D eigenvalue weighted by atomic mass is 19.1. The highest BCUT2D eigenvalue weighted by Gasteiger charge is 2.22. The summed E-state index contributed by atoms with van der Waals surface area (Å²) in [5.74, 6) is 0.167. The normalized spacial score (nSPS) is 16.6. The van der Waals surface area contributed by atoms with Crippen molar-refractivity contribution in [3.05, 3.63) is 48.7 Å². The second-order valence-electron chi connectivity index (χ2n) is 10.9. The van der Waals surface area contributed by atoms with Gasteiger partial charge in [-0.15, -0.1) is 0 Å². The molecule has 204 valence electrons. The number of nitrogens with one attached hydrogen (secondary N) is 3. The average molecular weight is 539 g/mol. The second kappa shape index (κ2) is 10.3. The van der Waals surface area contributed by atoms with Gasteiger partial charge in [-0.3, -0.25) is 14.9 Å². The molecule has 1 aromatic carbocycles. The molecule has 1 aliphatic carbocycles. The summed E-state index contributed by atoms with van der Waals surface area (Å²) in [7, 11) is 0. The first-order valence-corrected chi connectivity index (χ1v) is 14.2. The molecule has 5 heterocycles. The Morgan fingerprint density at radius 3 is 2.67 bits per heavy atom. The van der Waals surface area contributed by atoms with Crippen molar-refractivity contribution < 1.29 is 9.18 Å². The largest absolute Gasteiger partial charge is 0.370 e. The number of nitrogens with zero attached hydrogens (tertiary/aromatic N) is 5. The molecule has 0 spiro atoms. The number of aromatic amines is 2. The van der Waals surface area contributed by atoms with Crippen LogP contribution in [0, 0.1) is 11.7 Å². The standard InChI is InChI=1S/C30H31FN8O/c31-23-15-19(20-13-21(17-32-16-20)34-30(40)18-7-3-1-4-8-18)14-22-25(23)37-38-26(22)29-35-27-24(9-10-33-28(27)36-29)39-11-5-2-6-12-39/h9-10,13-18H,1-8,11-12H2,(H,34,40)(H,37,38)(H,33,35,36). The van der Waals surface area contributed by atoms with Gasteiger partial charge in [-0.1, -0.05) is 19.3 Å². The molecule has 0 atom stereocenters. The maximum atomic E-state index is 15.3. The number of amides is 1. The van der Waals surface area contributed by atoms with Crippen molar-refractivity contribution in [2.45, 2.75) is 51.4 Å². The Balaban J connectivity index is 1.23. The van der Waals surface area contributed by atoms with E-state index in [-0.39, 0.29) is 17.3 Å². The number of hydrogen-bond acceptors (Lipinski definition) is 6. The van der Waals surface area contributed by atoms with Gasteiger partial charge in [0.2, 0.25) is 5.91 Å². The van der Waals surface area contributed by atoms with Crippen LogP contribution in [0.15, 0.2) is 42.9 Å². The Morgan fingerprint density at radius 1 is 1.00 bits per heavy atom. The van der Waals surface area contributed by atoms with Gasteiger partial charge in [-0.2, -0.15) is 5.10 Å². The molecule has 1 aliphatic heterocycles. The van der Waals surface area contributed by atoms with Crippen molar-refractivity contribution in [2.75, 3.05) is 23.3 Å². The molecular formula is C30H31FN8O. The Kier molecular flexibility index (Phi) is 6.37. The molecular weight excluding hydrogens is 507 g/mol. The molecule has 5 aromatic rings. The van der Waals surface area contributed by atoms with Gasteiger partial charge in [-0.25, -0.2) is 14.4 Å². The van der Waals surface area contributed by atoms with Gasteiger partial charge in [0.15, 0.2) is 17.3 Å². The number of halogens is 1. The van der Waals surface area contributed by atoms with Gasteiger partial charge >= 0.3 is 0 Å². The Hall–Kier alpha value is -4.34. The number of carbonyl (C=O) groups excluding carboxylic acids is 1. The first kappa shape index (κ1) is 24.7. The molecule has 2 aliphatic rings. The van der Waals surface area contributed by atoms with E-state index in [1.165, 1.54) is 31.7 Å². The molecule has 1 saturated heterocycles. The summed E-state index contributed by atoms with van der Waals surface area (Å²) in [5, 5.41) is 10.9. The van der Waals surface area contributed by atoms with Crippen LogP contribution < -0.4 is 10.2 Å². The molecule has 7 rings (SSSR count). The van der Waals surface area contributed by atoms with E-state index in [1.54, 1.807) is 18.6 Å². The fourth-order valence-electron chi connectivity index (χ4n) is 6.11. The summed E-state index contributed by atoms with van der Waals surface area (Å²) in [6.45, 7) is 2.01. The molecule has 4 aromatic heterocycles. The maximum absolute atomic E-state index is 15.3. The molecule has 9 nitrogen and oxygen atoms in total. The van der Waals surface area contributed by atoms with Crippen molar-refractivity contribution in [3.63, 3.8) is 0 Å². The molecule has 40 heavy (non-hydrogen) atoms. The molecule has 10 heteroatoms. The van der Waals surface area contributed by atoms with Crippen LogP contribution in [-0.4, -0.2) is 49.1 Å². The number of benzene rings is 1. The van der Waals surface area contributed by atoms with Gasteiger partial charge in [0.05, 0.1) is 17.6 Å². The van der Waals surface area contributed by atoms with Crippen molar-refractivity contribution in [1.82, 2.24) is 30.1 Å². The van der Waals surface area contributed by atoms with E-state index < -0.39 is 5.82 Å². The fraction of sp³-hybridized carbons (Fsp3) is 0.367. The van der Waals surface area contributed by atoms with Crippen LogP contribution in [0.4, 0.5) is 15.8 Å². The summed E-state index contributed by atoms with van der Waals surface area (Å²) in [4.78, 5) is 32.1. The first-order valence-electron chi connectivity index (χ1n) is 14.2. The van der Waals surface area contributed by atoms with Crippen molar-refractivity contribution >= 4 is 39.3 Å². The number of hydrogen-bond donors (Lipinski definition) is 3. The quantitative estimate of drug-likeness (QED) is 0.245. The predicted molar refractivity (Wildman–Crippen MR) is 153 cm³/mol. The van der Waals surface area contributed by atoms with Gasteiger partial charge in [0, 0.05) is 42.4 Å². The zero-order chi connectivity index (χ0) is 27.1. The van der Waals surface area contributed by atoms with E-state index in [4.69, 9.17) is 4.98 Å². The lowest BCUT2D eigenvalue weighted by molar-refractivity contribution is -0.120. The third-order valence-electron chi connectivity index (χ3n) is 8.23. The monoisotopic (exact) mass is 538 g/mol. The van der Waals surface area contributed by atoms with Crippen LogP contribution in [0.3, 0.4) is 0 Å². The van der Waals surface area contributed by atoms with E-state index in [1.807, 2.05) is 18.2 Å². The topological polar surface area (TPSA) is 115 Å². The van der Waals surface area contributed by atoms with Crippen LogP contribution in [0.25, 0.3) is 44.7 Å². The highest BCUT2D eigenvalue weighted by Crippen LogP contribution is 2.34. The van der Waals surface area contributed by atoms with Crippen LogP contribution in [0.1, 0.15) is 51.4 Å². The van der Waals surface area contributed by atoms with E-state index in [9.17, 15) is 4.79 Å². The SMILES string of the molecule is O=C(Nc1cncc(-c2cc(F)c3n[nH]c(-c4nc5nccc(N6CCCCC6)c5[nH]4)c3c2)c1)C1CCCCC1. The zero-order valence-corrected chi connectivity index (χ0v) is 22.2. The highest BCUT2D eigenvalue weighted by molar-refractivity contribution is 5.97. The minimum absolute atomic E-state index is 0.0276. The second-order valence-corrected chi connectivity index (χ2v) is 10.9. The first-order chi connectivity index (χ1) is 19.6. The predicted octanol–water partition coefficient (Wildman–Crippen LogP) is 6.21. The summed E-state index contributed by atoms with van der Waals surface area (Å²) in [6, 6.07) is 7.19. The number of carbonyl (C=O) groups is 1. The lowest BCUT2D eigenvalue weighted by atomic mass is 9.88. The Bertz CT molecular complexity index is 1700. The number of H-pyrrole nitrogens is 2. The van der Waals surface area contributed by atoms with Crippen molar-refractivity contribution in [2.24, 2.45) is 5.92 Å². The summed E-state index contributed by atoms with van der Waals surface area (Å²) < 4.78 is 15.3. The molecule has 0 bridgehead atoms. The Morgan fingerprint density at radius 2 is 1.82 bits per heavy atom. The minimum atomic E-state index is -0.449. The van der Waals surface area contributed by atoms with Crippen LogP contribution >= 0.6 is 0 Å². The third kappa shape index (κ3) is 4.57. The molecule has 1 saturated carbocycles. The average Bonchev–Trinajstić information content (AvgIpc) is 3.63. The van der Waals surface area contributed by atoms with Crippen molar-refractivity contribution in [1.29, 1.82) is 0 Å². The number of fused-ring (bicyclic) bond motifs is 2. The lowest BCUT2D eigenvalue weighted by Crippen LogP contribution is -2.29. The number of anilines is 2. The minimum Gasteiger partial charge on any atom is -0.370 e. The smallest absolute Gasteiger partial charge is 0.227 e. The fourth-order valence-corrected chi connectivity index (χ4v) is 6.11. The number of aromatic nitrogens is 6. The van der Waals surface area contributed by atoms with Gasteiger partial charge < -0.3 is 15.2 Å². The molecule has 2 fully saturated rings. The van der Waals surface area contributed by atoms with E-state index in [0.717, 1.165) is 50.0 Å². The third-order valence-corrected chi connectivity index (χ3v) is 8.23. The van der Waals surface area contributed by atoms with E-state index in [2.05, 4.69) is 35.4 Å². The number of rotatable bonds is 5. The Labute approximate surface area is 230 Å². The maximum Gasteiger partial charge on any atom is 0.227 e. The molecule has 1 amide bonds. The van der Waals surface area contributed by atoms with Gasteiger partial charge in [0.25, 0.3) is 0 Å².